The summed E-state index contributed by atoms with van der Waals surface area (Å²) >= 11 is 7.66. The highest BCUT2D eigenvalue weighted by Crippen LogP contribution is 2.21. The normalized spacial score (nSPS) is 9.92. The van der Waals surface area contributed by atoms with E-state index in [-0.39, 0.29) is 24.2 Å². The van der Waals surface area contributed by atoms with Crippen LogP contribution in [0.25, 0.3) is 0 Å². The maximum absolute atomic E-state index is 12.3. The van der Waals surface area contributed by atoms with Gasteiger partial charge in [-0.1, -0.05) is 17.7 Å². The lowest BCUT2D eigenvalue weighted by Gasteiger charge is -2.09. The van der Waals surface area contributed by atoms with Crippen LogP contribution in [0.5, 0.6) is 0 Å². The summed E-state index contributed by atoms with van der Waals surface area (Å²) in [4.78, 5) is 25.1. The number of nitrogens with one attached hydrogen (secondary N) is 3. The van der Waals surface area contributed by atoms with Crippen molar-refractivity contribution in [2.75, 3.05) is 18.9 Å². The quantitative estimate of drug-likeness (QED) is 0.682. The fourth-order valence-corrected chi connectivity index (χ4v) is 2.76. The van der Waals surface area contributed by atoms with E-state index in [0.717, 1.165) is 4.88 Å². The van der Waals surface area contributed by atoms with Crippen molar-refractivity contribution in [3.8, 4) is 0 Å². The molecule has 0 aliphatic carbocycles. The van der Waals surface area contributed by atoms with Crippen molar-refractivity contribution >= 4 is 52.8 Å². The van der Waals surface area contributed by atoms with Crippen molar-refractivity contribution in [1.82, 2.24) is 10.6 Å². The summed E-state index contributed by atoms with van der Waals surface area (Å²) in [5.41, 5.74) is 0.895. The predicted octanol–water partition coefficient (Wildman–Crippen LogP) is 3.30. The molecule has 0 bridgehead atoms. The number of amides is 2. The summed E-state index contributed by atoms with van der Waals surface area (Å²) in [6.07, 6.45) is 0.360. The van der Waals surface area contributed by atoms with Gasteiger partial charge in [-0.05, 0) is 36.7 Å². The van der Waals surface area contributed by atoms with Crippen molar-refractivity contribution in [2.24, 2.45) is 0 Å². The highest BCUT2D eigenvalue weighted by Gasteiger charge is 2.12. The highest BCUT2D eigenvalue weighted by atomic mass is 35.5. The van der Waals surface area contributed by atoms with E-state index in [1.165, 1.54) is 0 Å². The van der Waals surface area contributed by atoms with Gasteiger partial charge in [0.05, 0.1) is 17.1 Å². The molecule has 8 heteroatoms. The van der Waals surface area contributed by atoms with Crippen molar-refractivity contribution < 1.29 is 9.59 Å². The number of benzene rings is 1. The molecule has 0 aliphatic rings. The van der Waals surface area contributed by atoms with E-state index in [1.807, 2.05) is 17.5 Å². The molecular formula is C16H19Cl2N3O2S. The van der Waals surface area contributed by atoms with E-state index in [4.69, 9.17) is 11.6 Å². The van der Waals surface area contributed by atoms with Crippen molar-refractivity contribution in [2.45, 2.75) is 13.0 Å². The highest BCUT2D eigenvalue weighted by molar-refractivity contribution is 7.09. The fourth-order valence-electron chi connectivity index (χ4n) is 1.91. The Kier molecular flexibility index (Phi) is 8.78. The lowest BCUT2D eigenvalue weighted by atomic mass is 10.1. The second-order valence-electron chi connectivity index (χ2n) is 4.86. The van der Waals surface area contributed by atoms with Gasteiger partial charge in [-0.2, -0.15) is 0 Å². The van der Waals surface area contributed by atoms with Crippen LogP contribution >= 0.6 is 35.3 Å². The maximum atomic E-state index is 12.3. The van der Waals surface area contributed by atoms with Crippen LogP contribution in [0.3, 0.4) is 0 Å². The van der Waals surface area contributed by atoms with Gasteiger partial charge in [0, 0.05) is 23.5 Å². The lowest BCUT2D eigenvalue weighted by molar-refractivity contribution is -0.116. The Morgan fingerprint density at radius 3 is 2.71 bits per heavy atom. The summed E-state index contributed by atoms with van der Waals surface area (Å²) < 4.78 is 0. The molecule has 0 saturated carbocycles. The second kappa shape index (κ2) is 10.3. The first-order valence-electron chi connectivity index (χ1n) is 7.14. The Morgan fingerprint density at radius 1 is 1.25 bits per heavy atom. The second-order valence-corrected chi connectivity index (χ2v) is 6.30. The van der Waals surface area contributed by atoms with Gasteiger partial charge in [0.1, 0.15) is 0 Å². The number of carbonyl (C=O) groups is 2. The average Bonchev–Trinajstić information content (AvgIpc) is 3.06. The molecule has 0 aliphatic heterocycles. The predicted molar refractivity (Wildman–Crippen MR) is 101 cm³/mol. The van der Waals surface area contributed by atoms with Crippen molar-refractivity contribution in [1.29, 1.82) is 0 Å². The van der Waals surface area contributed by atoms with Crippen molar-refractivity contribution in [3.63, 3.8) is 0 Å². The minimum absolute atomic E-state index is 0. The third-order valence-electron chi connectivity index (χ3n) is 3.10. The summed E-state index contributed by atoms with van der Waals surface area (Å²) in [6.45, 7) is 1.04. The van der Waals surface area contributed by atoms with E-state index in [2.05, 4.69) is 16.0 Å². The molecular weight excluding hydrogens is 369 g/mol. The zero-order chi connectivity index (χ0) is 16.7. The molecule has 24 heavy (non-hydrogen) atoms. The van der Waals surface area contributed by atoms with Crippen LogP contribution in [-0.2, 0) is 11.3 Å². The van der Waals surface area contributed by atoms with E-state index < -0.39 is 0 Å². The van der Waals surface area contributed by atoms with Gasteiger partial charge < -0.3 is 16.0 Å². The van der Waals surface area contributed by atoms with Crippen LogP contribution in [-0.4, -0.2) is 25.4 Å². The molecule has 2 rings (SSSR count). The number of hydrogen-bond acceptors (Lipinski definition) is 4. The van der Waals surface area contributed by atoms with Gasteiger partial charge in [0.2, 0.25) is 5.91 Å². The summed E-state index contributed by atoms with van der Waals surface area (Å²) in [5.74, 6) is -0.388. The first-order valence-corrected chi connectivity index (χ1v) is 8.40. The smallest absolute Gasteiger partial charge is 0.253 e. The molecule has 2 aromatic rings. The van der Waals surface area contributed by atoms with Crippen LogP contribution in [0, 0.1) is 0 Å². The van der Waals surface area contributed by atoms with E-state index in [9.17, 15) is 9.59 Å². The number of rotatable bonds is 7. The molecule has 0 atom stereocenters. The van der Waals surface area contributed by atoms with E-state index >= 15 is 0 Å². The van der Waals surface area contributed by atoms with Crippen LogP contribution in [0.4, 0.5) is 5.69 Å². The molecule has 0 fully saturated rings. The van der Waals surface area contributed by atoms with Crippen LogP contribution in [0.2, 0.25) is 5.02 Å². The number of carbonyl (C=O) groups excluding carboxylic acids is 2. The molecule has 1 heterocycles. The van der Waals surface area contributed by atoms with Crippen molar-refractivity contribution in [3.05, 3.63) is 51.2 Å². The first-order chi connectivity index (χ1) is 11.1. The molecule has 2 amide bonds. The summed E-state index contributed by atoms with van der Waals surface area (Å²) in [7, 11) is 1.78. The lowest BCUT2D eigenvalue weighted by Crippen LogP contribution is -2.23. The molecule has 1 aromatic heterocycles. The topological polar surface area (TPSA) is 70.2 Å². The molecule has 3 N–H and O–H groups in total. The first kappa shape index (κ1) is 20.4. The molecule has 0 unspecified atom stereocenters. The Morgan fingerprint density at radius 2 is 2.04 bits per heavy atom. The zero-order valence-electron chi connectivity index (χ0n) is 13.1. The number of thiophene rings is 1. The molecule has 1 aromatic carbocycles. The SMILES string of the molecule is CNCCC(=O)Nc1ccc(Cl)c(C(=O)NCc2cccs2)c1.Cl. The van der Waals surface area contributed by atoms with Crippen LogP contribution in [0.1, 0.15) is 21.7 Å². The third kappa shape index (κ3) is 6.13. The van der Waals surface area contributed by atoms with Gasteiger partial charge in [-0.15, -0.1) is 23.7 Å². The third-order valence-corrected chi connectivity index (χ3v) is 4.31. The van der Waals surface area contributed by atoms with Gasteiger partial charge in [-0.3, -0.25) is 9.59 Å². The van der Waals surface area contributed by atoms with Gasteiger partial charge >= 0.3 is 0 Å². The monoisotopic (exact) mass is 387 g/mol. The average molecular weight is 388 g/mol. The van der Waals surface area contributed by atoms with Crippen LogP contribution in [0.15, 0.2) is 35.7 Å². The fraction of sp³-hybridized carbons (Fsp3) is 0.250. The van der Waals surface area contributed by atoms with Gasteiger partial charge in [0.25, 0.3) is 5.91 Å². The number of hydrogen-bond donors (Lipinski definition) is 3. The largest absolute Gasteiger partial charge is 0.347 e. The molecule has 0 radical (unpaired) electrons. The summed E-state index contributed by atoms with van der Waals surface area (Å²) in [5, 5.41) is 10.8. The standard InChI is InChI=1S/C16H18ClN3O2S.ClH/c1-18-7-6-15(21)20-11-4-5-14(17)13(9-11)16(22)19-10-12-3-2-8-23-12;/h2-5,8-9,18H,6-7,10H2,1H3,(H,19,22)(H,20,21);1H. The van der Waals surface area contributed by atoms with Gasteiger partial charge in [-0.25, -0.2) is 0 Å². The van der Waals surface area contributed by atoms with Gasteiger partial charge in [0.15, 0.2) is 0 Å². The Balaban J connectivity index is 0.00000288. The Bertz CT molecular complexity index is 678. The number of halogens is 2. The Hall–Kier alpha value is -1.60. The minimum Gasteiger partial charge on any atom is -0.347 e. The molecule has 0 saturated heterocycles. The van der Waals surface area contributed by atoms with E-state index in [0.29, 0.717) is 35.8 Å². The zero-order valence-corrected chi connectivity index (χ0v) is 15.5. The summed E-state index contributed by atoms with van der Waals surface area (Å²) in [6, 6.07) is 8.75. The molecule has 130 valence electrons. The maximum Gasteiger partial charge on any atom is 0.253 e. The minimum atomic E-state index is -0.269. The Labute approximate surface area is 156 Å². The van der Waals surface area contributed by atoms with E-state index in [1.54, 1.807) is 36.6 Å². The van der Waals surface area contributed by atoms with Crippen LogP contribution < -0.4 is 16.0 Å². The number of anilines is 1. The molecule has 0 spiro atoms. The molecule has 5 nitrogen and oxygen atoms in total.